The summed E-state index contributed by atoms with van der Waals surface area (Å²) < 4.78 is 111. The van der Waals surface area contributed by atoms with Crippen LogP contribution in [0.4, 0.5) is 35.9 Å². The number of carbonyl (C=O) groups excluding carboxylic acids is 7. The van der Waals surface area contributed by atoms with Crippen LogP contribution in [0.1, 0.15) is 111 Å². The Hall–Kier alpha value is -7.88. The number of ether oxygens (including phenoxy) is 5. The summed E-state index contributed by atoms with van der Waals surface area (Å²) in [5, 5.41) is 18.3. The highest BCUT2D eigenvalue weighted by Gasteiger charge is 2.38. The predicted octanol–water partition coefficient (Wildman–Crippen LogP) is 9.75. The fraction of sp³-hybridized carbons (Fsp3) is 0.500. The van der Waals surface area contributed by atoms with Crippen LogP contribution < -0.4 is 30.7 Å². The second-order valence-electron chi connectivity index (χ2n) is 24.2. The number of hydrogen-bond acceptors (Lipinski definition) is 15. The molecular weight excluding hydrogens is 1250 g/mol. The molecule has 6 rings (SSSR count). The summed E-state index contributed by atoms with van der Waals surface area (Å²) in [6.07, 6.45) is -4.91. The van der Waals surface area contributed by atoms with E-state index in [-0.39, 0.29) is 81.4 Å². The Balaban J connectivity index is 0.000000334. The van der Waals surface area contributed by atoms with Crippen molar-refractivity contribution in [1.82, 2.24) is 31.1 Å². The number of carbonyl (C=O) groups is 8. The van der Waals surface area contributed by atoms with Crippen molar-refractivity contribution in [3.63, 3.8) is 0 Å². The number of esters is 1. The van der Waals surface area contributed by atoms with Crippen molar-refractivity contribution in [3.8, 4) is 11.5 Å². The summed E-state index contributed by atoms with van der Waals surface area (Å²) in [6, 6.07) is 13.5. The molecule has 5 N–H and O–H groups in total. The maximum Gasteiger partial charge on any atom is 0.407 e. The summed E-state index contributed by atoms with van der Waals surface area (Å²) >= 11 is 2.52. The number of rotatable bonds is 25. The Morgan fingerprint density at radius 3 is 1.25 bits per heavy atom. The first-order chi connectivity index (χ1) is 43.1. The molecule has 20 nitrogen and oxygen atoms in total. The summed E-state index contributed by atoms with van der Waals surface area (Å²) in [4.78, 5) is 104. The second kappa shape index (κ2) is 34.1. The standard InChI is InChI=1S/C33H42F3N3O7S.C31H38F3N3O7S/c1-7-44-31(42)28(19(2)3)45-23-10-8-20(9-11-23)18-37-29(41)30-39(12-13-47-30)27(40)16-22(38-32(43)46-33(4,5)6)14-21-15-25(35)26(36)17-24(21)34;1-17(2)26(29(40)41)43-21-8-6-18(7-9-21)16-35-27(39)28-37(10-11-45-28)25(38)14-20(36-30(42)44-31(3,4)5)12-19-13-23(33)24(34)15-22(19)32/h8-11,15,17,19,22,28,30H,7,12-14,16,18H2,1-6H3,(H,37,41)(H,38,43);6-9,13,15,17,20,26,28H,10-12,14,16H2,1-5H3,(H,35,39)(H,36,42)(H,40,41)/t22-,28+,30+;20-,26+,28+/m11/s1. The number of nitrogens with one attached hydrogen (secondary N) is 4. The van der Waals surface area contributed by atoms with E-state index in [1.54, 1.807) is 111 Å². The number of carboxylic acid groups (broad SMARTS) is 1. The molecule has 0 radical (unpaired) electrons. The summed E-state index contributed by atoms with van der Waals surface area (Å²) in [5.74, 6) is -9.27. The van der Waals surface area contributed by atoms with Gasteiger partial charge in [-0.1, -0.05) is 52.0 Å². The van der Waals surface area contributed by atoms with Crippen molar-refractivity contribution < 1.29 is 93.5 Å². The third kappa shape index (κ3) is 23.7. The first-order valence-corrected chi connectivity index (χ1v) is 31.8. The molecule has 0 spiro atoms. The van der Waals surface area contributed by atoms with E-state index in [0.29, 0.717) is 52.8 Å². The number of amides is 6. The number of hydrogen-bond donors (Lipinski definition) is 5. The molecule has 92 heavy (non-hydrogen) atoms. The van der Waals surface area contributed by atoms with Gasteiger partial charge in [0.1, 0.15) is 34.3 Å². The average molecular weight is 1340 g/mol. The van der Waals surface area contributed by atoms with E-state index >= 15 is 0 Å². The van der Waals surface area contributed by atoms with Crippen LogP contribution in [0.3, 0.4) is 0 Å². The molecule has 2 fully saturated rings. The van der Waals surface area contributed by atoms with Crippen LogP contribution >= 0.6 is 23.5 Å². The lowest BCUT2D eigenvalue weighted by atomic mass is 10.0. The first kappa shape index (κ1) is 74.8. The number of thioether (sulfide) groups is 2. The zero-order chi connectivity index (χ0) is 68.4. The van der Waals surface area contributed by atoms with Crippen molar-refractivity contribution in [2.45, 2.75) is 161 Å². The minimum Gasteiger partial charge on any atom is -0.478 e. The third-order valence-corrected chi connectivity index (χ3v) is 16.0. The highest BCUT2D eigenvalue weighted by atomic mass is 32.2. The van der Waals surface area contributed by atoms with Gasteiger partial charge in [-0.05, 0) is 120 Å². The van der Waals surface area contributed by atoms with Crippen LogP contribution in [-0.4, -0.2) is 140 Å². The Labute approximate surface area is 539 Å². The Bertz CT molecular complexity index is 3230. The molecule has 6 atom stereocenters. The fourth-order valence-corrected chi connectivity index (χ4v) is 11.5. The molecule has 28 heteroatoms. The molecule has 2 saturated heterocycles. The minimum atomic E-state index is -1.37. The highest BCUT2D eigenvalue weighted by molar-refractivity contribution is 8.01. The van der Waals surface area contributed by atoms with Gasteiger partial charge in [0.15, 0.2) is 46.2 Å². The molecule has 2 heterocycles. The van der Waals surface area contributed by atoms with Gasteiger partial charge in [0, 0.05) is 86.6 Å². The molecule has 0 bridgehead atoms. The fourth-order valence-electron chi connectivity index (χ4n) is 9.18. The minimum absolute atomic E-state index is 0.113. The van der Waals surface area contributed by atoms with Gasteiger partial charge in [-0.3, -0.25) is 19.2 Å². The number of nitrogens with zero attached hydrogens (tertiary/aromatic N) is 2. The van der Waals surface area contributed by atoms with E-state index in [1.807, 2.05) is 13.8 Å². The molecule has 0 unspecified atom stereocenters. The summed E-state index contributed by atoms with van der Waals surface area (Å²) in [7, 11) is 0. The Morgan fingerprint density at radius 1 is 0.554 bits per heavy atom. The Morgan fingerprint density at radius 2 is 0.913 bits per heavy atom. The van der Waals surface area contributed by atoms with E-state index < -0.39 is 129 Å². The molecule has 6 amide bonds. The Kier molecular flexibility index (Phi) is 27.8. The van der Waals surface area contributed by atoms with Crippen LogP contribution in [0.2, 0.25) is 0 Å². The number of alkyl carbamates (subject to hydrolysis) is 2. The molecule has 0 aliphatic carbocycles. The number of carboxylic acids is 1. The molecular formula is C64H80F6N6O14S2. The van der Waals surface area contributed by atoms with Crippen molar-refractivity contribution >= 4 is 71.3 Å². The lowest BCUT2D eigenvalue weighted by Crippen LogP contribution is -2.48. The van der Waals surface area contributed by atoms with E-state index in [2.05, 4.69) is 21.3 Å². The van der Waals surface area contributed by atoms with Crippen LogP contribution in [0.25, 0.3) is 0 Å². The zero-order valence-corrected chi connectivity index (χ0v) is 54.7. The smallest absolute Gasteiger partial charge is 0.407 e. The van der Waals surface area contributed by atoms with Crippen molar-refractivity contribution in [1.29, 1.82) is 0 Å². The summed E-state index contributed by atoms with van der Waals surface area (Å²) in [5.41, 5.74) is -0.759. The highest BCUT2D eigenvalue weighted by Crippen LogP contribution is 2.29. The van der Waals surface area contributed by atoms with E-state index in [4.69, 9.17) is 23.7 Å². The molecule has 2 aliphatic heterocycles. The quantitative estimate of drug-likeness (QED) is 0.0179. The maximum absolute atomic E-state index is 14.5. The topological polar surface area (TPSA) is 258 Å². The second-order valence-corrected chi connectivity index (χ2v) is 26.6. The molecule has 504 valence electrons. The van der Waals surface area contributed by atoms with Gasteiger partial charge >= 0.3 is 24.1 Å². The molecule has 0 aromatic heterocycles. The van der Waals surface area contributed by atoms with Crippen molar-refractivity contribution in [2.75, 3.05) is 31.2 Å². The molecule has 0 saturated carbocycles. The van der Waals surface area contributed by atoms with E-state index in [0.717, 1.165) is 5.56 Å². The third-order valence-electron chi connectivity index (χ3n) is 13.5. The van der Waals surface area contributed by atoms with Gasteiger partial charge < -0.3 is 59.9 Å². The van der Waals surface area contributed by atoms with Crippen LogP contribution in [0, 0.1) is 46.7 Å². The largest absolute Gasteiger partial charge is 0.478 e. The van der Waals surface area contributed by atoms with E-state index in [1.165, 1.54) is 33.3 Å². The van der Waals surface area contributed by atoms with Gasteiger partial charge in [0.05, 0.1) is 6.61 Å². The van der Waals surface area contributed by atoms with Gasteiger partial charge in [-0.25, -0.2) is 45.5 Å². The van der Waals surface area contributed by atoms with Gasteiger partial charge in [-0.15, -0.1) is 23.5 Å². The van der Waals surface area contributed by atoms with Crippen molar-refractivity contribution in [2.24, 2.45) is 11.8 Å². The van der Waals surface area contributed by atoms with Crippen LogP contribution in [0.15, 0.2) is 72.8 Å². The van der Waals surface area contributed by atoms with Crippen LogP contribution in [0.5, 0.6) is 11.5 Å². The number of aliphatic carboxylic acids is 1. The van der Waals surface area contributed by atoms with Gasteiger partial charge in [-0.2, -0.15) is 0 Å². The first-order valence-electron chi connectivity index (χ1n) is 29.7. The predicted molar refractivity (Wildman–Crippen MR) is 331 cm³/mol. The van der Waals surface area contributed by atoms with Crippen LogP contribution in [-0.2, 0) is 68.9 Å². The van der Waals surface area contributed by atoms with Gasteiger partial charge in [0.25, 0.3) is 11.8 Å². The van der Waals surface area contributed by atoms with Crippen molar-refractivity contribution in [3.05, 3.63) is 130 Å². The number of benzene rings is 4. The average Bonchev–Trinajstić information content (AvgIpc) is 1.54. The molecule has 4 aromatic rings. The monoisotopic (exact) mass is 1330 g/mol. The summed E-state index contributed by atoms with van der Waals surface area (Å²) in [6.45, 7) is 19.8. The zero-order valence-electron chi connectivity index (χ0n) is 53.1. The lowest BCUT2D eigenvalue weighted by molar-refractivity contribution is -0.153. The molecule has 2 aliphatic rings. The SMILES string of the molecule is CC(C)[C@H](Oc1ccc(CNC(=O)[C@@H]2SCCN2C(=O)C[C@@H](Cc2cc(F)c(F)cc2F)NC(=O)OC(C)(C)C)cc1)C(=O)O.CCOC(=O)[C@@H](Oc1ccc(CNC(=O)[C@@H]2SCCN2C(=O)C[C@@H](Cc2cc(F)c(F)cc2F)NC(=O)OC(C)(C)C)cc1)C(C)C. The van der Waals surface area contributed by atoms with Gasteiger partial charge in [0.2, 0.25) is 11.8 Å². The maximum atomic E-state index is 14.5. The molecule has 4 aromatic carbocycles. The van der Waals surface area contributed by atoms with E-state index in [9.17, 15) is 69.8 Å². The lowest BCUT2D eigenvalue weighted by Gasteiger charge is -2.27. The number of halogens is 6. The normalized spacial score (nSPS) is 16.1.